The van der Waals surface area contributed by atoms with Crippen molar-refractivity contribution in [3.63, 3.8) is 0 Å². The van der Waals surface area contributed by atoms with Crippen molar-refractivity contribution in [2.45, 2.75) is 0 Å². The molecule has 0 spiro atoms. The molecule has 0 saturated heterocycles. The number of hydrogen-bond donors (Lipinski definition) is 0. The molecule has 3 aromatic heterocycles. The number of aromatic nitrogens is 5. The van der Waals surface area contributed by atoms with Gasteiger partial charge in [-0.05, 0) is 40.5 Å². The summed E-state index contributed by atoms with van der Waals surface area (Å²) in [5, 5.41) is 3.01. The number of nitrogens with zero attached hydrogens (tertiary/aromatic N) is 5. The predicted molar refractivity (Wildman–Crippen MR) is 221 cm³/mol. The van der Waals surface area contributed by atoms with E-state index in [0.29, 0.717) is 11.6 Å². The summed E-state index contributed by atoms with van der Waals surface area (Å²) in [6, 6.07) is 62.5. The van der Waals surface area contributed by atoms with Gasteiger partial charge in [-0.15, -0.1) is 0 Å². The third-order valence-electron chi connectivity index (χ3n) is 9.95. The third kappa shape index (κ3) is 5.65. The van der Waals surface area contributed by atoms with Crippen LogP contribution in [0.3, 0.4) is 0 Å². The monoisotopic (exact) mass is 689 g/mol. The highest BCUT2D eigenvalue weighted by molar-refractivity contribution is 6.15. The molecule has 0 N–H and O–H groups in total. The van der Waals surface area contributed by atoms with E-state index in [2.05, 4.69) is 127 Å². The van der Waals surface area contributed by atoms with E-state index in [9.17, 15) is 0 Å². The van der Waals surface area contributed by atoms with Crippen LogP contribution in [0.1, 0.15) is 0 Å². The summed E-state index contributed by atoms with van der Waals surface area (Å²) in [6.07, 6.45) is 1.85. The first-order chi connectivity index (χ1) is 26.8. The van der Waals surface area contributed by atoms with E-state index in [1.165, 1.54) is 5.56 Å². The van der Waals surface area contributed by atoms with Crippen LogP contribution in [-0.2, 0) is 0 Å². The summed E-state index contributed by atoms with van der Waals surface area (Å²) in [4.78, 5) is 25.6. The van der Waals surface area contributed by atoms with Crippen LogP contribution in [0.4, 0.5) is 0 Å². The second kappa shape index (κ2) is 13.3. The van der Waals surface area contributed by atoms with Gasteiger partial charge in [-0.25, -0.2) is 19.9 Å². The van der Waals surface area contributed by atoms with Gasteiger partial charge in [0.15, 0.2) is 11.6 Å². The van der Waals surface area contributed by atoms with Crippen molar-refractivity contribution < 1.29 is 0 Å². The van der Waals surface area contributed by atoms with E-state index in [-0.39, 0.29) is 0 Å². The fourth-order valence-electron chi connectivity index (χ4n) is 7.29. The molecule has 3 heterocycles. The largest absolute Gasteiger partial charge is 0.255 e. The highest BCUT2D eigenvalue weighted by atomic mass is 14.9. The quantitative estimate of drug-likeness (QED) is 0.163. The molecular formula is C49H31N5. The molecule has 5 heteroatoms. The Bertz CT molecular complexity index is 2950. The van der Waals surface area contributed by atoms with Crippen molar-refractivity contribution >= 4 is 32.7 Å². The molecule has 7 aromatic carbocycles. The maximum absolute atomic E-state index is 5.31. The average Bonchev–Trinajstić information content (AvgIpc) is 3.26. The van der Waals surface area contributed by atoms with Crippen molar-refractivity contribution in [1.29, 1.82) is 0 Å². The SMILES string of the molecule is c1ccc(-c2ccc(-c3nc(-c4ccc(-c5nc(-c6ccccc6)c6ccccc6n5)cc4)nc4cc(-c5ccccc5)c5cccnc5c34)cc2)cc1. The Kier molecular flexibility index (Phi) is 7.73. The highest BCUT2D eigenvalue weighted by Crippen LogP contribution is 2.39. The molecule has 0 aliphatic carbocycles. The lowest BCUT2D eigenvalue weighted by atomic mass is 9.95. The number of pyridine rings is 1. The molecule has 0 bridgehead atoms. The lowest BCUT2D eigenvalue weighted by Crippen LogP contribution is -1.98. The van der Waals surface area contributed by atoms with Crippen LogP contribution in [0.2, 0.25) is 0 Å². The van der Waals surface area contributed by atoms with Gasteiger partial charge in [0.05, 0.1) is 33.3 Å². The fraction of sp³-hybridized carbons (Fsp3) is 0. The Morgan fingerprint density at radius 2 is 0.796 bits per heavy atom. The second-order valence-corrected chi connectivity index (χ2v) is 13.3. The molecule has 10 aromatic rings. The molecule has 252 valence electrons. The van der Waals surface area contributed by atoms with Gasteiger partial charge in [0.25, 0.3) is 0 Å². The van der Waals surface area contributed by atoms with Crippen molar-refractivity contribution in [3.8, 4) is 67.5 Å². The molecule has 0 amide bonds. The van der Waals surface area contributed by atoms with Crippen molar-refractivity contribution in [2.75, 3.05) is 0 Å². The normalized spacial score (nSPS) is 11.3. The van der Waals surface area contributed by atoms with E-state index in [0.717, 1.165) is 83.0 Å². The zero-order chi connectivity index (χ0) is 35.8. The van der Waals surface area contributed by atoms with Crippen LogP contribution in [0, 0.1) is 0 Å². The third-order valence-corrected chi connectivity index (χ3v) is 9.95. The van der Waals surface area contributed by atoms with E-state index < -0.39 is 0 Å². The van der Waals surface area contributed by atoms with Crippen LogP contribution in [0.25, 0.3) is 100 Å². The van der Waals surface area contributed by atoms with E-state index in [4.69, 9.17) is 24.9 Å². The van der Waals surface area contributed by atoms with E-state index in [1.54, 1.807) is 0 Å². The number of rotatable bonds is 6. The Balaban J connectivity index is 1.14. The molecule has 0 saturated carbocycles. The minimum absolute atomic E-state index is 0.634. The van der Waals surface area contributed by atoms with Crippen LogP contribution in [-0.4, -0.2) is 24.9 Å². The first kappa shape index (κ1) is 31.4. The highest BCUT2D eigenvalue weighted by Gasteiger charge is 2.19. The minimum Gasteiger partial charge on any atom is -0.255 e. The predicted octanol–water partition coefficient (Wildman–Crippen LogP) is 12.1. The maximum Gasteiger partial charge on any atom is 0.160 e. The summed E-state index contributed by atoms with van der Waals surface area (Å²) in [6.45, 7) is 0. The Hall–Kier alpha value is -7.37. The van der Waals surface area contributed by atoms with Crippen LogP contribution < -0.4 is 0 Å². The Labute approximate surface area is 312 Å². The van der Waals surface area contributed by atoms with Gasteiger partial charge in [-0.3, -0.25) is 4.98 Å². The molecule has 54 heavy (non-hydrogen) atoms. The fourth-order valence-corrected chi connectivity index (χ4v) is 7.29. The van der Waals surface area contributed by atoms with Gasteiger partial charge in [0.2, 0.25) is 0 Å². The summed E-state index contributed by atoms with van der Waals surface area (Å²) >= 11 is 0. The topological polar surface area (TPSA) is 64.5 Å². The lowest BCUT2D eigenvalue weighted by Gasteiger charge is -2.15. The van der Waals surface area contributed by atoms with Crippen molar-refractivity contribution in [3.05, 3.63) is 188 Å². The summed E-state index contributed by atoms with van der Waals surface area (Å²) in [5.74, 6) is 1.30. The molecular weight excluding hydrogens is 659 g/mol. The van der Waals surface area contributed by atoms with Crippen molar-refractivity contribution in [2.24, 2.45) is 0 Å². The van der Waals surface area contributed by atoms with E-state index in [1.807, 2.05) is 60.8 Å². The average molecular weight is 690 g/mol. The second-order valence-electron chi connectivity index (χ2n) is 13.3. The summed E-state index contributed by atoms with van der Waals surface area (Å²) < 4.78 is 0. The first-order valence-electron chi connectivity index (χ1n) is 18.0. The smallest absolute Gasteiger partial charge is 0.160 e. The Morgan fingerprint density at radius 3 is 1.48 bits per heavy atom. The van der Waals surface area contributed by atoms with Gasteiger partial charge in [0.1, 0.15) is 0 Å². The van der Waals surface area contributed by atoms with Gasteiger partial charge in [-0.2, -0.15) is 0 Å². The molecule has 0 unspecified atom stereocenters. The molecule has 5 nitrogen and oxygen atoms in total. The van der Waals surface area contributed by atoms with Crippen LogP contribution >= 0.6 is 0 Å². The number of para-hydroxylation sites is 1. The molecule has 0 radical (unpaired) electrons. The zero-order valence-electron chi connectivity index (χ0n) is 29.1. The summed E-state index contributed by atoms with van der Waals surface area (Å²) in [7, 11) is 0. The molecule has 0 atom stereocenters. The minimum atomic E-state index is 0.634. The molecule has 0 aliphatic rings. The number of benzene rings is 7. The summed E-state index contributed by atoms with van der Waals surface area (Å²) in [5.41, 5.74) is 12.7. The van der Waals surface area contributed by atoms with Gasteiger partial charge < -0.3 is 0 Å². The molecule has 10 rings (SSSR count). The first-order valence-corrected chi connectivity index (χ1v) is 18.0. The number of hydrogen-bond acceptors (Lipinski definition) is 5. The van der Waals surface area contributed by atoms with Crippen LogP contribution in [0.15, 0.2) is 188 Å². The molecule has 0 aliphatic heterocycles. The van der Waals surface area contributed by atoms with Gasteiger partial charge >= 0.3 is 0 Å². The maximum atomic E-state index is 5.31. The van der Waals surface area contributed by atoms with Crippen molar-refractivity contribution in [1.82, 2.24) is 24.9 Å². The van der Waals surface area contributed by atoms with Gasteiger partial charge in [-0.1, -0.05) is 164 Å². The van der Waals surface area contributed by atoms with Gasteiger partial charge in [0, 0.05) is 39.2 Å². The standard InChI is InChI=1S/C49H31N5/c1-4-13-32(14-5-1)33-22-24-36(25-23-33)46-44-43(31-41(34-15-6-2-7-16-34)39-20-12-30-50-47(39)44)52-49(54-46)38-28-26-37(27-29-38)48-51-42-21-11-10-19-40(42)45(53-48)35-17-8-3-9-18-35/h1-31H. The zero-order valence-corrected chi connectivity index (χ0v) is 29.1. The lowest BCUT2D eigenvalue weighted by molar-refractivity contribution is 1.22. The van der Waals surface area contributed by atoms with Crippen LogP contribution in [0.5, 0.6) is 0 Å². The Morgan fingerprint density at radius 1 is 0.315 bits per heavy atom. The molecule has 0 fully saturated rings. The van der Waals surface area contributed by atoms with E-state index >= 15 is 0 Å². The number of fused-ring (bicyclic) bond motifs is 4.